The fourth-order valence-electron chi connectivity index (χ4n) is 2.18. The first kappa shape index (κ1) is 13.1. The highest BCUT2D eigenvalue weighted by molar-refractivity contribution is 9.10. The summed E-state index contributed by atoms with van der Waals surface area (Å²) in [5.41, 5.74) is 1.03. The number of hydrogen-bond donors (Lipinski definition) is 0. The van der Waals surface area contributed by atoms with E-state index in [0.717, 1.165) is 22.9 Å². The Kier molecular flexibility index (Phi) is 3.90. The predicted octanol–water partition coefficient (Wildman–Crippen LogP) is 2.94. The summed E-state index contributed by atoms with van der Waals surface area (Å²) in [6, 6.07) is 7.75. The topological polar surface area (TPSA) is 37.4 Å². The molecule has 0 spiro atoms. The standard InChI is InChI=1S/C12H16BrNO2S/c1-10(11-5-4-6-12(13)9-11)14-7-2-3-8-17(14,15)16/h4-6,9-10H,2-3,7-8H2,1H3. The van der Waals surface area contributed by atoms with E-state index < -0.39 is 10.0 Å². The summed E-state index contributed by atoms with van der Waals surface area (Å²) in [7, 11) is -3.07. The molecule has 1 aliphatic rings. The summed E-state index contributed by atoms with van der Waals surface area (Å²) >= 11 is 3.42. The van der Waals surface area contributed by atoms with Crippen molar-refractivity contribution in [2.75, 3.05) is 12.3 Å². The van der Waals surface area contributed by atoms with Crippen LogP contribution in [-0.4, -0.2) is 25.0 Å². The van der Waals surface area contributed by atoms with Crippen LogP contribution in [0.3, 0.4) is 0 Å². The smallest absolute Gasteiger partial charge is 0.212 e. The highest BCUT2D eigenvalue weighted by Crippen LogP contribution is 2.28. The highest BCUT2D eigenvalue weighted by atomic mass is 79.9. The van der Waals surface area contributed by atoms with E-state index in [0.29, 0.717) is 6.54 Å². The third-order valence-electron chi connectivity index (χ3n) is 3.15. The van der Waals surface area contributed by atoms with E-state index in [9.17, 15) is 8.42 Å². The predicted molar refractivity (Wildman–Crippen MR) is 72.3 cm³/mol. The number of benzene rings is 1. The van der Waals surface area contributed by atoms with Crippen molar-refractivity contribution in [3.05, 3.63) is 34.3 Å². The van der Waals surface area contributed by atoms with Crippen LogP contribution < -0.4 is 0 Å². The zero-order valence-corrected chi connectivity index (χ0v) is 12.2. The second-order valence-electron chi connectivity index (χ2n) is 4.36. The molecule has 0 amide bonds. The summed E-state index contributed by atoms with van der Waals surface area (Å²) in [5, 5.41) is 0. The molecule has 1 heterocycles. The van der Waals surface area contributed by atoms with Crippen molar-refractivity contribution in [2.45, 2.75) is 25.8 Å². The van der Waals surface area contributed by atoms with Gasteiger partial charge in [0, 0.05) is 17.1 Å². The number of nitrogens with zero attached hydrogens (tertiary/aromatic N) is 1. The van der Waals surface area contributed by atoms with Gasteiger partial charge in [-0.3, -0.25) is 0 Å². The Morgan fingerprint density at radius 2 is 2.12 bits per heavy atom. The van der Waals surface area contributed by atoms with Gasteiger partial charge in [-0.05, 0) is 37.5 Å². The van der Waals surface area contributed by atoms with Crippen LogP contribution in [-0.2, 0) is 10.0 Å². The molecule has 94 valence electrons. The Bertz CT molecular complexity index is 501. The van der Waals surface area contributed by atoms with E-state index >= 15 is 0 Å². The Balaban J connectivity index is 2.28. The van der Waals surface area contributed by atoms with Crippen molar-refractivity contribution in [1.29, 1.82) is 0 Å². The molecular formula is C12H16BrNO2S. The fourth-order valence-corrected chi connectivity index (χ4v) is 4.41. The lowest BCUT2D eigenvalue weighted by Gasteiger charge is -2.31. The molecule has 1 unspecified atom stereocenters. The summed E-state index contributed by atoms with van der Waals surface area (Å²) < 4.78 is 26.6. The van der Waals surface area contributed by atoms with Gasteiger partial charge in [-0.1, -0.05) is 28.1 Å². The van der Waals surface area contributed by atoms with Crippen molar-refractivity contribution >= 4 is 26.0 Å². The summed E-state index contributed by atoms with van der Waals surface area (Å²) in [6.07, 6.45) is 1.74. The van der Waals surface area contributed by atoms with E-state index in [2.05, 4.69) is 15.9 Å². The fraction of sp³-hybridized carbons (Fsp3) is 0.500. The van der Waals surface area contributed by atoms with Crippen LogP contribution in [0.15, 0.2) is 28.7 Å². The zero-order chi connectivity index (χ0) is 12.5. The van der Waals surface area contributed by atoms with Crippen LogP contribution in [0.5, 0.6) is 0 Å². The van der Waals surface area contributed by atoms with Gasteiger partial charge in [-0.2, -0.15) is 4.31 Å². The van der Waals surface area contributed by atoms with Crippen LogP contribution in [0.1, 0.15) is 31.4 Å². The van der Waals surface area contributed by atoms with Crippen LogP contribution in [0.2, 0.25) is 0 Å². The first-order chi connectivity index (χ1) is 8.00. The quantitative estimate of drug-likeness (QED) is 0.841. The van der Waals surface area contributed by atoms with Gasteiger partial charge in [0.2, 0.25) is 10.0 Å². The monoisotopic (exact) mass is 317 g/mol. The van der Waals surface area contributed by atoms with Crippen molar-refractivity contribution < 1.29 is 8.42 Å². The molecular weight excluding hydrogens is 302 g/mol. The van der Waals surface area contributed by atoms with E-state index in [1.54, 1.807) is 4.31 Å². The molecule has 1 aromatic rings. The van der Waals surface area contributed by atoms with E-state index in [1.165, 1.54) is 0 Å². The van der Waals surface area contributed by atoms with E-state index in [-0.39, 0.29) is 11.8 Å². The first-order valence-corrected chi connectivity index (χ1v) is 8.16. The molecule has 1 aliphatic heterocycles. The molecule has 1 atom stereocenters. The van der Waals surface area contributed by atoms with E-state index in [4.69, 9.17) is 0 Å². The lowest BCUT2D eigenvalue weighted by molar-refractivity contribution is 0.322. The normalized spacial score (nSPS) is 22.2. The molecule has 0 saturated carbocycles. The van der Waals surface area contributed by atoms with Gasteiger partial charge in [0.15, 0.2) is 0 Å². The molecule has 3 nitrogen and oxygen atoms in total. The van der Waals surface area contributed by atoms with Gasteiger partial charge in [-0.25, -0.2) is 8.42 Å². The number of hydrogen-bond acceptors (Lipinski definition) is 2. The molecule has 1 aromatic carbocycles. The van der Waals surface area contributed by atoms with Crippen molar-refractivity contribution in [3.8, 4) is 0 Å². The summed E-state index contributed by atoms with van der Waals surface area (Å²) in [5.74, 6) is 0.283. The zero-order valence-electron chi connectivity index (χ0n) is 9.77. The lowest BCUT2D eigenvalue weighted by atomic mass is 10.1. The molecule has 17 heavy (non-hydrogen) atoms. The molecule has 2 rings (SSSR count). The molecule has 0 N–H and O–H groups in total. The van der Waals surface area contributed by atoms with Gasteiger partial charge in [0.25, 0.3) is 0 Å². The van der Waals surface area contributed by atoms with Crippen molar-refractivity contribution in [2.24, 2.45) is 0 Å². The molecule has 1 fully saturated rings. The van der Waals surface area contributed by atoms with Gasteiger partial charge < -0.3 is 0 Å². The molecule has 0 aliphatic carbocycles. The average Bonchev–Trinajstić information content (AvgIpc) is 2.27. The number of sulfonamides is 1. The third-order valence-corrected chi connectivity index (χ3v) is 5.66. The van der Waals surface area contributed by atoms with Crippen LogP contribution >= 0.6 is 15.9 Å². The maximum Gasteiger partial charge on any atom is 0.214 e. The average molecular weight is 318 g/mol. The lowest BCUT2D eigenvalue weighted by Crippen LogP contribution is -2.39. The summed E-state index contributed by atoms with van der Waals surface area (Å²) in [4.78, 5) is 0. The minimum atomic E-state index is -3.07. The minimum Gasteiger partial charge on any atom is -0.212 e. The number of halogens is 1. The highest BCUT2D eigenvalue weighted by Gasteiger charge is 2.30. The molecule has 0 radical (unpaired) electrons. The summed E-state index contributed by atoms with van der Waals surface area (Å²) in [6.45, 7) is 2.58. The largest absolute Gasteiger partial charge is 0.214 e. The van der Waals surface area contributed by atoms with E-state index in [1.807, 2.05) is 31.2 Å². The van der Waals surface area contributed by atoms with Crippen molar-refractivity contribution in [1.82, 2.24) is 4.31 Å². The molecule has 0 bridgehead atoms. The second kappa shape index (κ2) is 5.08. The SMILES string of the molecule is CC(c1cccc(Br)c1)N1CCCCS1(=O)=O. The Morgan fingerprint density at radius 1 is 1.35 bits per heavy atom. The van der Waals surface area contributed by atoms with Gasteiger partial charge in [0.1, 0.15) is 0 Å². The van der Waals surface area contributed by atoms with Gasteiger partial charge in [0.05, 0.1) is 5.75 Å². The van der Waals surface area contributed by atoms with Gasteiger partial charge >= 0.3 is 0 Å². The number of rotatable bonds is 2. The first-order valence-electron chi connectivity index (χ1n) is 5.76. The molecule has 5 heteroatoms. The van der Waals surface area contributed by atoms with Crippen LogP contribution in [0.4, 0.5) is 0 Å². The maximum absolute atomic E-state index is 12.0. The van der Waals surface area contributed by atoms with Crippen LogP contribution in [0.25, 0.3) is 0 Å². The van der Waals surface area contributed by atoms with Crippen LogP contribution in [0, 0.1) is 0 Å². The second-order valence-corrected chi connectivity index (χ2v) is 7.32. The minimum absolute atomic E-state index is 0.0854. The Hall–Kier alpha value is -0.390. The van der Waals surface area contributed by atoms with Gasteiger partial charge in [-0.15, -0.1) is 0 Å². The Labute approximate surface area is 111 Å². The maximum atomic E-state index is 12.0. The molecule has 0 aromatic heterocycles. The van der Waals surface area contributed by atoms with Crippen molar-refractivity contribution in [3.63, 3.8) is 0 Å². The third kappa shape index (κ3) is 2.89. The Morgan fingerprint density at radius 3 is 2.76 bits per heavy atom. The molecule has 1 saturated heterocycles.